The second-order valence-corrected chi connectivity index (χ2v) is 9.55. The van der Waals surface area contributed by atoms with Gasteiger partial charge in [-0.05, 0) is 76.5 Å². The molecule has 1 amide bonds. The first-order chi connectivity index (χ1) is 17.5. The minimum Gasteiger partial charge on any atom is -0.493 e. The number of fused-ring (bicyclic) bond motifs is 2. The van der Waals surface area contributed by atoms with E-state index in [1.165, 1.54) is 6.07 Å². The molecule has 1 unspecified atom stereocenters. The molecule has 0 bridgehead atoms. The molecule has 0 spiro atoms. The van der Waals surface area contributed by atoms with Gasteiger partial charge in [0.1, 0.15) is 17.9 Å². The zero-order valence-electron chi connectivity index (χ0n) is 19.8. The van der Waals surface area contributed by atoms with Gasteiger partial charge in [-0.1, -0.05) is 24.3 Å². The van der Waals surface area contributed by atoms with Gasteiger partial charge < -0.3 is 23.5 Å². The molecule has 2 heterocycles. The van der Waals surface area contributed by atoms with Crippen molar-refractivity contribution in [3.05, 3.63) is 97.4 Å². The van der Waals surface area contributed by atoms with E-state index in [1.807, 2.05) is 53.4 Å². The molecule has 36 heavy (non-hydrogen) atoms. The normalized spacial score (nSPS) is 14.9. The van der Waals surface area contributed by atoms with Gasteiger partial charge in [0.15, 0.2) is 11.5 Å². The van der Waals surface area contributed by atoms with E-state index in [4.69, 9.17) is 18.6 Å². The molecule has 184 valence electrons. The van der Waals surface area contributed by atoms with Crippen molar-refractivity contribution < 1.29 is 23.4 Å². The summed E-state index contributed by atoms with van der Waals surface area (Å²) in [5, 5.41) is 0.691. The number of rotatable bonds is 6. The summed E-state index contributed by atoms with van der Waals surface area (Å²) >= 11 is 2.18. The summed E-state index contributed by atoms with van der Waals surface area (Å²) in [6.07, 6.45) is 0.666. The van der Waals surface area contributed by atoms with Crippen LogP contribution in [0.3, 0.4) is 0 Å². The number of carbonyl (C=O) groups is 1. The van der Waals surface area contributed by atoms with Crippen LogP contribution in [0.15, 0.2) is 75.9 Å². The average molecular weight is 597 g/mol. The van der Waals surface area contributed by atoms with Crippen LogP contribution < -0.4 is 19.8 Å². The van der Waals surface area contributed by atoms with E-state index in [-0.39, 0.29) is 12.5 Å². The Kier molecular flexibility index (Phi) is 6.86. The van der Waals surface area contributed by atoms with Crippen molar-refractivity contribution in [2.45, 2.75) is 12.5 Å². The van der Waals surface area contributed by atoms with Crippen LogP contribution in [0.1, 0.15) is 27.5 Å². The molecule has 0 radical (unpaired) electrons. The number of para-hydroxylation sites is 1. The fourth-order valence-corrected chi connectivity index (χ4v) is 5.23. The van der Waals surface area contributed by atoms with E-state index in [0.717, 1.165) is 14.7 Å². The third-order valence-corrected chi connectivity index (χ3v) is 7.32. The Labute approximate surface area is 221 Å². The Morgan fingerprint density at radius 3 is 2.50 bits per heavy atom. The summed E-state index contributed by atoms with van der Waals surface area (Å²) in [5.41, 5.74) is 2.57. The van der Waals surface area contributed by atoms with Crippen molar-refractivity contribution in [3.63, 3.8) is 0 Å². The van der Waals surface area contributed by atoms with E-state index in [2.05, 4.69) is 22.6 Å². The lowest BCUT2D eigenvalue weighted by Gasteiger charge is -2.38. The first kappa shape index (κ1) is 24.2. The Morgan fingerprint density at radius 1 is 1.00 bits per heavy atom. The first-order valence-electron chi connectivity index (χ1n) is 11.5. The summed E-state index contributed by atoms with van der Waals surface area (Å²) in [7, 11) is 3.19. The van der Waals surface area contributed by atoms with E-state index in [9.17, 15) is 9.59 Å². The van der Waals surface area contributed by atoms with Gasteiger partial charge in [0.25, 0.3) is 5.91 Å². The van der Waals surface area contributed by atoms with Gasteiger partial charge in [0, 0.05) is 10.1 Å². The second-order valence-electron chi connectivity index (χ2n) is 8.39. The molecule has 0 saturated heterocycles. The summed E-state index contributed by atoms with van der Waals surface area (Å²) in [4.78, 5) is 27.7. The molecule has 5 rings (SSSR count). The van der Waals surface area contributed by atoms with Crippen molar-refractivity contribution in [1.82, 2.24) is 4.90 Å². The van der Waals surface area contributed by atoms with Crippen molar-refractivity contribution in [2.24, 2.45) is 0 Å². The quantitative estimate of drug-likeness (QED) is 0.224. The number of amides is 1. The van der Waals surface area contributed by atoms with Gasteiger partial charge in [-0.15, -0.1) is 0 Å². The molecule has 1 aliphatic rings. The average Bonchev–Trinajstić information content (AvgIpc) is 2.90. The SMILES string of the molecule is COc1cc2c(cc1OC)C(COc1cc(=O)oc3ccccc13)N(C(=O)c1ccccc1I)CC2. The highest BCUT2D eigenvalue weighted by Gasteiger charge is 2.34. The molecule has 0 saturated carbocycles. The van der Waals surface area contributed by atoms with E-state index >= 15 is 0 Å². The smallest absolute Gasteiger partial charge is 0.339 e. The molecule has 3 aromatic carbocycles. The van der Waals surface area contributed by atoms with Gasteiger partial charge in [0.05, 0.1) is 37.3 Å². The van der Waals surface area contributed by atoms with Gasteiger partial charge >= 0.3 is 5.63 Å². The lowest BCUT2D eigenvalue weighted by atomic mass is 9.91. The summed E-state index contributed by atoms with van der Waals surface area (Å²) in [5.74, 6) is 1.55. The zero-order valence-corrected chi connectivity index (χ0v) is 22.0. The molecule has 1 aromatic heterocycles. The molecule has 1 aliphatic heterocycles. The summed E-state index contributed by atoms with van der Waals surface area (Å²) in [6.45, 7) is 0.656. The number of methoxy groups -OCH3 is 2. The highest BCUT2D eigenvalue weighted by atomic mass is 127. The number of benzene rings is 3. The van der Waals surface area contributed by atoms with Crippen LogP contribution in [0.2, 0.25) is 0 Å². The van der Waals surface area contributed by atoms with Crippen molar-refractivity contribution in [2.75, 3.05) is 27.4 Å². The Hall–Kier alpha value is -3.53. The first-order valence-corrected chi connectivity index (χ1v) is 12.5. The van der Waals surface area contributed by atoms with Crippen LogP contribution in [0.25, 0.3) is 11.0 Å². The third kappa shape index (κ3) is 4.53. The highest BCUT2D eigenvalue weighted by molar-refractivity contribution is 14.1. The standard InChI is InChI=1S/C28H24INO6/c1-33-25-13-17-11-12-30(28(32)18-7-3-5-9-21(18)29)22(20(17)14-26(25)34-2)16-35-24-15-27(31)36-23-10-6-4-8-19(23)24/h3-10,13-15,22H,11-12,16H2,1-2H3. The van der Waals surface area contributed by atoms with Gasteiger partial charge in [-0.3, -0.25) is 4.79 Å². The molecule has 0 N–H and O–H groups in total. The van der Waals surface area contributed by atoms with E-state index in [0.29, 0.717) is 46.7 Å². The molecular formula is C28H24INO6. The number of hydrogen-bond acceptors (Lipinski definition) is 6. The minimum absolute atomic E-state index is 0.0773. The third-order valence-electron chi connectivity index (χ3n) is 6.38. The Morgan fingerprint density at radius 2 is 1.72 bits per heavy atom. The number of nitrogens with zero attached hydrogens (tertiary/aromatic N) is 1. The molecule has 4 aromatic rings. The van der Waals surface area contributed by atoms with Crippen LogP contribution in [-0.2, 0) is 6.42 Å². The molecule has 1 atom stereocenters. The predicted octanol–water partition coefficient (Wildman–Crippen LogP) is 5.23. The fraction of sp³-hybridized carbons (Fsp3) is 0.214. The lowest BCUT2D eigenvalue weighted by molar-refractivity contribution is 0.0589. The molecule has 0 fully saturated rings. The predicted molar refractivity (Wildman–Crippen MR) is 144 cm³/mol. The summed E-state index contributed by atoms with van der Waals surface area (Å²) in [6, 6.07) is 19.5. The van der Waals surface area contributed by atoms with Crippen LogP contribution in [0, 0.1) is 3.57 Å². The Bertz CT molecular complexity index is 1500. The van der Waals surface area contributed by atoms with E-state index < -0.39 is 11.7 Å². The molecule has 0 aliphatic carbocycles. The van der Waals surface area contributed by atoms with Gasteiger partial charge in [-0.2, -0.15) is 0 Å². The number of halogens is 1. The van der Waals surface area contributed by atoms with Crippen molar-refractivity contribution in [1.29, 1.82) is 0 Å². The minimum atomic E-state index is -0.495. The molecular weight excluding hydrogens is 573 g/mol. The summed E-state index contributed by atoms with van der Waals surface area (Å²) < 4.78 is 23.5. The van der Waals surface area contributed by atoms with Crippen LogP contribution in [0.5, 0.6) is 17.2 Å². The largest absolute Gasteiger partial charge is 0.493 e. The highest BCUT2D eigenvalue weighted by Crippen LogP contribution is 2.39. The second kappa shape index (κ2) is 10.2. The Balaban J connectivity index is 1.57. The number of carbonyl (C=O) groups excluding carboxylic acids is 1. The maximum Gasteiger partial charge on any atom is 0.339 e. The molecule has 7 nitrogen and oxygen atoms in total. The van der Waals surface area contributed by atoms with Gasteiger partial charge in [-0.25, -0.2) is 4.79 Å². The zero-order chi connectivity index (χ0) is 25.2. The monoisotopic (exact) mass is 597 g/mol. The van der Waals surface area contributed by atoms with Gasteiger partial charge in [0.2, 0.25) is 0 Å². The lowest BCUT2D eigenvalue weighted by Crippen LogP contribution is -2.43. The topological polar surface area (TPSA) is 78.2 Å². The van der Waals surface area contributed by atoms with Crippen molar-refractivity contribution in [3.8, 4) is 17.2 Å². The maximum absolute atomic E-state index is 13.7. The maximum atomic E-state index is 13.7. The van der Waals surface area contributed by atoms with Crippen molar-refractivity contribution >= 4 is 39.5 Å². The van der Waals surface area contributed by atoms with Crippen LogP contribution in [-0.4, -0.2) is 38.2 Å². The van der Waals surface area contributed by atoms with Crippen LogP contribution >= 0.6 is 22.6 Å². The molecule has 8 heteroatoms. The fourth-order valence-electron chi connectivity index (χ4n) is 4.61. The van der Waals surface area contributed by atoms with Crippen LogP contribution in [0.4, 0.5) is 0 Å². The number of ether oxygens (including phenoxy) is 3. The van der Waals surface area contributed by atoms with E-state index in [1.54, 1.807) is 26.4 Å². The number of hydrogen-bond donors (Lipinski definition) is 0.